The summed E-state index contributed by atoms with van der Waals surface area (Å²) in [6, 6.07) is 7.72. The summed E-state index contributed by atoms with van der Waals surface area (Å²) in [5, 5.41) is 7.06. The first kappa shape index (κ1) is 11.2. The first-order chi connectivity index (χ1) is 8.75. The molecule has 0 unspecified atom stereocenters. The van der Waals surface area contributed by atoms with Gasteiger partial charge in [-0.15, -0.1) is 5.10 Å². The lowest BCUT2D eigenvalue weighted by Gasteiger charge is -2.13. The molecule has 0 aliphatic carbocycles. The number of carbonyl (C=O) groups is 1. The number of ether oxygens (including phenoxy) is 1. The van der Waals surface area contributed by atoms with Crippen LogP contribution in [0.4, 0.5) is 5.00 Å². The molecule has 18 heavy (non-hydrogen) atoms. The molecule has 3 rings (SSSR count). The van der Waals surface area contributed by atoms with Gasteiger partial charge in [0, 0.05) is 23.0 Å². The number of carbonyl (C=O) groups excluding carboxylic acids is 1. The van der Waals surface area contributed by atoms with Gasteiger partial charge in [-0.2, -0.15) is 0 Å². The fraction of sp³-hybridized carbons (Fsp3) is 0.250. The Morgan fingerprint density at radius 1 is 1.44 bits per heavy atom. The molecule has 1 aromatic carbocycles. The van der Waals surface area contributed by atoms with Gasteiger partial charge in [-0.3, -0.25) is 4.79 Å². The van der Waals surface area contributed by atoms with Gasteiger partial charge in [0.15, 0.2) is 6.10 Å². The monoisotopic (exact) mass is 261 g/mol. The van der Waals surface area contributed by atoms with E-state index in [0.717, 1.165) is 22.8 Å². The lowest BCUT2D eigenvalue weighted by atomic mass is 9.97. The maximum atomic E-state index is 12.1. The number of nitrogens with one attached hydrogen (secondary N) is 1. The third-order valence-electron chi connectivity index (χ3n) is 2.98. The van der Waals surface area contributed by atoms with Crippen molar-refractivity contribution >= 4 is 22.4 Å². The molecular weight excluding hydrogens is 250 g/mol. The lowest BCUT2D eigenvalue weighted by molar-refractivity contribution is -0.122. The van der Waals surface area contributed by atoms with Gasteiger partial charge in [0.05, 0.1) is 6.20 Å². The third kappa shape index (κ3) is 1.84. The summed E-state index contributed by atoms with van der Waals surface area (Å²) in [4.78, 5) is 12.1. The number of benzene rings is 1. The van der Waals surface area contributed by atoms with Crippen LogP contribution in [0.1, 0.15) is 18.4 Å². The van der Waals surface area contributed by atoms with Gasteiger partial charge in [0.2, 0.25) is 0 Å². The van der Waals surface area contributed by atoms with Crippen molar-refractivity contribution in [1.82, 2.24) is 9.59 Å². The summed E-state index contributed by atoms with van der Waals surface area (Å²) in [6.45, 7) is 1.99. The molecule has 1 N–H and O–H groups in total. The van der Waals surface area contributed by atoms with Crippen molar-refractivity contribution in [2.45, 2.75) is 18.9 Å². The first-order valence-corrected chi connectivity index (χ1v) is 6.37. The van der Waals surface area contributed by atoms with Gasteiger partial charge >= 0.3 is 0 Å². The quantitative estimate of drug-likeness (QED) is 0.898. The Bertz CT molecular complexity index is 570. The van der Waals surface area contributed by atoms with Gasteiger partial charge in [0.1, 0.15) is 10.8 Å². The van der Waals surface area contributed by atoms with E-state index in [2.05, 4.69) is 14.9 Å². The lowest BCUT2D eigenvalue weighted by Crippen LogP contribution is -2.33. The molecule has 0 bridgehead atoms. The zero-order valence-corrected chi connectivity index (χ0v) is 10.5. The maximum Gasteiger partial charge on any atom is 0.266 e. The summed E-state index contributed by atoms with van der Waals surface area (Å²) in [6.07, 6.45) is 1.03. The summed E-state index contributed by atoms with van der Waals surface area (Å²) >= 11 is 1.15. The first-order valence-electron chi connectivity index (χ1n) is 5.59. The minimum atomic E-state index is -0.496. The number of rotatable bonds is 2. The van der Waals surface area contributed by atoms with Crippen molar-refractivity contribution in [1.29, 1.82) is 0 Å². The van der Waals surface area contributed by atoms with Crippen molar-refractivity contribution in [3.05, 3.63) is 36.0 Å². The number of nitrogens with zero attached hydrogens (tertiary/aromatic N) is 2. The highest BCUT2D eigenvalue weighted by molar-refractivity contribution is 7.10. The molecule has 0 spiro atoms. The van der Waals surface area contributed by atoms with Gasteiger partial charge in [-0.25, -0.2) is 0 Å². The van der Waals surface area contributed by atoms with E-state index in [9.17, 15) is 4.79 Å². The Labute approximate surface area is 108 Å². The van der Waals surface area contributed by atoms with Crippen LogP contribution in [0, 0.1) is 0 Å². The van der Waals surface area contributed by atoms with Crippen LogP contribution in [0.5, 0.6) is 5.75 Å². The van der Waals surface area contributed by atoms with E-state index in [1.807, 2.05) is 31.2 Å². The molecular formula is C12H11N3O2S. The Balaban J connectivity index is 1.78. The van der Waals surface area contributed by atoms with E-state index in [0.29, 0.717) is 5.00 Å². The van der Waals surface area contributed by atoms with Crippen molar-refractivity contribution in [2.75, 3.05) is 5.32 Å². The van der Waals surface area contributed by atoms with Crippen LogP contribution < -0.4 is 10.1 Å². The van der Waals surface area contributed by atoms with Crippen molar-refractivity contribution in [3.63, 3.8) is 0 Å². The molecule has 1 amide bonds. The Hall–Kier alpha value is -1.95. The molecule has 0 fully saturated rings. The summed E-state index contributed by atoms with van der Waals surface area (Å²) < 4.78 is 9.38. The second-order valence-corrected chi connectivity index (χ2v) is 4.92. The number of hydrogen-bond acceptors (Lipinski definition) is 5. The molecule has 5 nitrogen and oxygen atoms in total. The van der Waals surface area contributed by atoms with E-state index in [4.69, 9.17) is 4.74 Å². The second kappa shape index (κ2) is 4.38. The minimum absolute atomic E-state index is 0.0436. The number of hydrogen-bond donors (Lipinski definition) is 1. The highest BCUT2D eigenvalue weighted by Gasteiger charge is 2.36. The number of para-hydroxylation sites is 1. The van der Waals surface area contributed by atoms with E-state index in [1.165, 1.54) is 6.20 Å². The molecule has 1 aliphatic rings. The molecule has 6 heteroatoms. The van der Waals surface area contributed by atoms with Crippen molar-refractivity contribution in [3.8, 4) is 5.75 Å². The van der Waals surface area contributed by atoms with Crippen LogP contribution in [0.15, 0.2) is 30.5 Å². The molecule has 0 radical (unpaired) electrons. The molecule has 1 aromatic heterocycles. The molecule has 0 saturated heterocycles. The number of anilines is 1. The SMILES string of the molecule is C[C@@H]1c2ccccc2O[C@H]1C(=O)Nc1cnns1. The zero-order chi connectivity index (χ0) is 12.5. The fourth-order valence-electron chi connectivity index (χ4n) is 2.06. The maximum absolute atomic E-state index is 12.1. The average molecular weight is 261 g/mol. The van der Waals surface area contributed by atoms with Crippen LogP contribution in [0.3, 0.4) is 0 Å². The predicted octanol–water partition coefficient (Wildman–Crippen LogP) is 2.04. The Morgan fingerprint density at radius 3 is 3.00 bits per heavy atom. The highest BCUT2D eigenvalue weighted by Crippen LogP contribution is 2.37. The number of amides is 1. The third-order valence-corrected chi connectivity index (χ3v) is 3.56. The normalized spacial score (nSPS) is 21.2. The molecule has 2 aromatic rings. The Morgan fingerprint density at radius 2 is 2.28 bits per heavy atom. The van der Waals surface area contributed by atoms with Crippen LogP contribution >= 0.6 is 11.5 Å². The minimum Gasteiger partial charge on any atom is -0.480 e. The van der Waals surface area contributed by atoms with Gasteiger partial charge in [0.25, 0.3) is 5.91 Å². The van der Waals surface area contributed by atoms with Crippen molar-refractivity contribution in [2.24, 2.45) is 0 Å². The molecule has 2 atom stereocenters. The van der Waals surface area contributed by atoms with Crippen LogP contribution in [-0.2, 0) is 4.79 Å². The standard InChI is InChI=1S/C12H11N3O2S/c1-7-8-4-2-3-5-9(8)17-11(7)12(16)14-10-6-13-15-18-10/h2-7,11H,1H3,(H,14,16)/t7-,11-/m1/s1. The van der Waals surface area contributed by atoms with Crippen LogP contribution in [-0.4, -0.2) is 21.6 Å². The number of aromatic nitrogens is 2. The number of fused-ring (bicyclic) bond motifs is 1. The smallest absolute Gasteiger partial charge is 0.266 e. The van der Waals surface area contributed by atoms with E-state index < -0.39 is 6.10 Å². The molecule has 2 heterocycles. The molecule has 92 valence electrons. The largest absolute Gasteiger partial charge is 0.480 e. The van der Waals surface area contributed by atoms with E-state index in [1.54, 1.807) is 0 Å². The van der Waals surface area contributed by atoms with E-state index in [-0.39, 0.29) is 11.8 Å². The van der Waals surface area contributed by atoms with Gasteiger partial charge in [-0.05, 0) is 6.07 Å². The average Bonchev–Trinajstić information content (AvgIpc) is 2.98. The van der Waals surface area contributed by atoms with Crippen LogP contribution in [0.2, 0.25) is 0 Å². The second-order valence-electron chi connectivity index (χ2n) is 4.14. The summed E-state index contributed by atoms with van der Waals surface area (Å²) in [7, 11) is 0. The van der Waals surface area contributed by atoms with Crippen molar-refractivity contribution < 1.29 is 9.53 Å². The highest BCUT2D eigenvalue weighted by atomic mass is 32.1. The molecule has 0 saturated carbocycles. The van der Waals surface area contributed by atoms with Gasteiger partial charge < -0.3 is 10.1 Å². The molecule has 1 aliphatic heterocycles. The fourth-order valence-corrected chi connectivity index (χ4v) is 2.48. The Kier molecular flexibility index (Phi) is 2.71. The van der Waals surface area contributed by atoms with Gasteiger partial charge in [-0.1, -0.05) is 29.6 Å². The predicted molar refractivity (Wildman–Crippen MR) is 67.8 cm³/mol. The summed E-state index contributed by atoms with van der Waals surface area (Å²) in [5.41, 5.74) is 1.07. The van der Waals surface area contributed by atoms with Crippen LogP contribution in [0.25, 0.3) is 0 Å². The topological polar surface area (TPSA) is 64.1 Å². The summed E-state index contributed by atoms with van der Waals surface area (Å²) in [5.74, 6) is 0.666. The zero-order valence-electron chi connectivity index (χ0n) is 9.66. The van der Waals surface area contributed by atoms with E-state index >= 15 is 0 Å².